The molecule has 0 aromatic heterocycles. The molecule has 2 nitrogen and oxygen atoms in total. The van der Waals surface area contributed by atoms with Crippen LogP contribution in [-0.2, 0) is 5.41 Å². The topological polar surface area (TPSA) is 26.3 Å². The predicted molar refractivity (Wildman–Crippen MR) is 70.8 cm³/mol. The average molecular weight is 232 g/mol. The van der Waals surface area contributed by atoms with Gasteiger partial charge in [-0.2, -0.15) is 0 Å². The average Bonchev–Trinajstić information content (AvgIpc) is 2.27. The quantitative estimate of drug-likeness (QED) is 0.583. The Hall–Kier alpha value is -1.57. The lowest BCUT2D eigenvalue weighted by Gasteiger charge is -2.23. The van der Waals surface area contributed by atoms with E-state index >= 15 is 0 Å². The summed E-state index contributed by atoms with van der Waals surface area (Å²) in [5.74, 6) is 0.791. The number of hydrogen-bond donors (Lipinski definition) is 0. The third kappa shape index (κ3) is 3.19. The van der Waals surface area contributed by atoms with E-state index in [0.29, 0.717) is 12.2 Å². The maximum atomic E-state index is 11.6. The summed E-state index contributed by atoms with van der Waals surface area (Å²) in [6.45, 7) is 12.4. The van der Waals surface area contributed by atoms with Crippen LogP contribution in [0, 0.1) is 0 Å². The molecule has 2 heteroatoms. The van der Waals surface area contributed by atoms with E-state index in [4.69, 9.17) is 4.74 Å². The molecular formula is C15H20O2. The van der Waals surface area contributed by atoms with Gasteiger partial charge in [-0.05, 0) is 36.6 Å². The molecule has 0 aliphatic heterocycles. The molecule has 0 aliphatic rings. The van der Waals surface area contributed by atoms with Crippen molar-refractivity contribution in [2.75, 3.05) is 6.61 Å². The van der Waals surface area contributed by atoms with Crippen LogP contribution in [0.25, 0.3) is 0 Å². The van der Waals surface area contributed by atoms with Gasteiger partial charge in [0.05, 0.1) is 6.61 Å². The van der Waals surface area contributed by atoms with Crippen LogP contribution in [0.5, 0.6) is 5.75 Å². The van der Waals surface area contributed by atoms with E-state index in [0.717, 1.165) is 11.3 Å². The normalized spacial score (nSPS) is 11.1. The Kier molecular flexibility index (Phi) is 4.11. The third-order valence-corrected chi connectivity index (χ3v) is 2.56. The van der Waals surface area contributed by atoms with E-state index in [1.807, 2.05) is 19.1 Å². The molecule has 0 bridgehead atoms. The van der Waals surface area contributed by atoms with Crippen LogP contribution in [0.2, 0.25) is 0 Å². The summed E-state index contributed by atoms with van der Waals surface area (Å²) in [5, 5.41) is 0. The zero-order valence-electron chi connectivity index (χ0n) is 11.0. The first-order chi connectivity index (χ1) is 7.90. The van der Waals surface area contributed by atoms with Crippen LogP contribution in [-0.4, -0.2) is 12.4 Å². The Morgan fingerprint density at radius 2 is 2.06 bits per heavy atom. The smallest absolute Gasteiger partial charge is 0.185 e. The molecule has 1 aromatic carbocycles. The van der Waals surface area contributed by atoms with Crippen LogP contribution >= 0.6 is 0 Å². The van der Waals surface area contributed by atoms with Crippen LogP contribution in [0.3, 0.4) is 0 Å². The molecular weight excluding hydrogens is 212 g/mol. The summed E-state index contributed by atoms with van der Waals surface area (Å²) >= 11 is 0. The minimum atomic E-state index is -0.0569. The van der Waals surface area contributed by atoms with Crippen molar-refractivity contribution >= 4 is 5.78 Å². The molecule has 0 saturated carbocycles. The first-order valence-corrected chi connectivity index (χ1v) is 5.84. The van der Waals surface area contributed by atoms with Crippen LogP contribution in [0.1, 0.15) is 43.6 Å². The lowest BCUT2D eigenvalue weighted by atomic mass is 9.85. The van der Waals surface area contributed by atoms with Gasteiger partial charge in [0, 0.05) is 11.1 Å². The fourth-order valence-electron chi connectivity index (χ4n) is 1.67. The number of carbonyl (C=O) groups excluding carboxylic acids is 1. The molecule has 0 atom stereocenters. The van der Waals surface area contributed by atoms with E-state index in [1.165, 1.54) is 6.08 Å². The third-order valence-electron chi connectivity index (χ3n) is 2.56. The number of hydrogen-bond acceptors (Lipinski definition) is 2. The van der Waals surface area contributed by atoms with Crippen molar-refractivity contribution in [3.05, 3.63) is 42.0 Å². The van der Waals surface area contributed by atoms with Gasteiger partial charge in [-0.15, -0.1) is 0 Å². The van der Waals surface area contributed by atoms with Crippen molar-refractivity contribution in [3.63, 3.8) is 0 Å². The minimum Gasteiger partial charge on any atom is -0.494 e. The Morgan fingerprint density at radius 3 is 2.53 bits per heavy atom. The Morgan fingerprint density at radius 1 is 1.41 bits per heavy atom. The standard InChI is InChI=1S/C15H20O2/c1-6-13(16)11-8-9-14(17-7-2)12(10-11)15(3,4)5/h6,8-10H,1,7H2,2-5H3. The molecule has 1 aromatic rings. The van der Waals surface area contributed by atoms with Crippen molar-refractivity contribution in [2.45, 2.75) is 33.1 Å². The van der Waals surface area contributed by atoms with Crippen LogP contribution in [0.15, 0.2) is 30.9 Å². The largest absolute Gasteiger partial charge is 0.494 e. The summed E-state index contributed by atoms with van der Waals surface area (Å²) in [6.07, 6.45) is 1.34. The minimum absolute atomic E-state index is 0.0536. The highest BCUT2D eigenvalue weighted by Crippen LogP contribution is 2.32. The maximum Gasteiger partial charge on any atom is 0.185 e. The van der Waals surface area contributed by atoms with Crippen LogP contribution in [0.4, 0.5) is 0 Å². The van der Waals surface area contributed by atoms with Crippen LogP contribution < -0.4 is 4.74 Å². The maximum absolute atomic E-state index is 11.6. The zero-order chi connectivity index (χ0) is 13.1. The van der Waals surface area contributed by atoms with Gasteiger partial charge in [0.2, 0.25) is 0 Å². The van der Waals surface area contributed by atoms with Gasteiger partial charge >= 0.3 is 0 Å². The summed E-state index contributed by atoms with van der Waals surface area (Å²) < 4.78 is 5.59. The van der Waals surface area contributed by atoms with Crippen molar-refractivity contribution < 1.29 is 9.53 Å². The zero-order valence-corrected chi connectivity index (χ0v) is 11.0. The van der Waals surface area contributed by atoms with E-state index in [9.17, 15) is 4.79 Å². The van der Waals surface area contributed by atoms with Gasteiger partial charge in [-0.3, -0.25) is 4.79 Å². The second-order valence-corrected chi connectivity index (χ2v) is 4.96. The fraction of sp³-hybridized carbons (Fsp3) is 0.400. The number of ketones is 1. The molecule has 0 saturated heterocycles. The highest BCUT2D eigenvalue weighted by atomic mass is 16.5. The molecule has 0 spiro atoms. The van der Waals surface area contributed by atoms with Gasteiger partial charge < -0.3 is 4.74 Å². The second-order valence-electron chi connectivity index (χ2n) is 4.96. The highest BCUT2D eigenvalue weighted by Gasteiger charge is 2.20. The molecule has 0 unspecified atom stereocenters. The Bertz CT molecular complexity index is 425. The SMILES string of the molecule is C=CC(=O)c1ccc(OCC)c(C(C)(C)C)c1. The van der Waals surface area contributed by atoms with E-state index in [1.54, 1.807) is 6.07 Å². The fourth-order valence-corrected chi connectivity index (χ4v) is 1.67. The summed E-state index contributed by atoms with van der Waals surface area (Å²) in [6, 6.07) is 5.54. The van der Waals surface area contributed by atoms with Crippen molar-refractivity contribution in [2.24, 2.45) is 0 Å². The molecule has 0 N–H and O–H groups in total. The van der Waals surface area contributed by atoms with Gasteiger partial charge in [-0.1, -0.05) is 27.4 Å². The van der Waals surface area contributed by atoms with Crippen molar-refractivity contribution in [1.82, 2.24) is 0 Å². The number of rotatable bonds is 4. The summed E-state index contributed by atoms with van der Waals surface area (Å²) in [7, 11) is 0. The van der Waals surface area contributed by atoms with Gasteiger partial charge in [0.1, 0.15) is 5.75 Å². The Labute approximate surface area is 103 Å². The molecule has 17 heavy (non-hydrogen) atoms. The Balaban J connectivity index is 3.29. The number of benzene rings is 1. The van der Waals surface area contributed by atoms with E-state index in [-0.39, 0.29) is 11.2 Å². The van der Waals surface area contributed by atoms with Gasteiger partial charge in [0.25, 0.3) is 0 Å². The van der Waals surface area contributed by atoms with Gasteiger partial charge in [0.15, 0.2) is 5.78 Å². The molecule has 1 rings (SSSR count). The predicted octanol–water partition coefficient (Wildman–Crippen LogP) is 3.75. The highest BCUT2D eigenvalue weighted by molar-refractivity contribution is 6.04. The number of allylic oxidation sites excluding steroid dienone is 1. The van der Waals surface area contributed by atoms with E-state index < -0.39 is 0 Å². The monoisotopic (exact) mass is 232 g/mol. The lowest BCUT2D eigenvalue weighted by molar-refractivity contribution is 0.104. The molecule has 0 amide bonds. The molecule has 92 valence electrons. The first-order valence-electron chi connectivity index (χ1n) is 5.84. The van der Waals surface area contributed by atoms with Crippen molar-refractivity contribution in [3.8, 4) is 5.75 Å². The molecule has 0 fully saturated rings. The molecule has 0 aliphatic carbocycles. The van der Waals surface area contributed by atoms with Crippen molar-refractivity contribution in [1.29, 1.82) is 0 Å². The number of carbonyl (C=O) groups is 1. The van der Waals surface area contributed by atoms with Gasteiger partial charge in [-0.25, -0.2) is 0 Å². The molecule has 0 radical (unpaired) electrons. The first kappa shape index (κ1) is 13.5. The lowest BCUT2D eigenvalue weighted by Crippen LogP contribution is -2.14. The number of ether oxygens (including phenoxy) is 1. The molecule has 0 heterocycles. The summed E-state index contributed by atoms with van der Waals surface area (Å²) in [5.41, 5.74) is 1.66. The second kappa shape index (κ2) is 5.17. The van der Waals surface area contributed by atoms with E-state index in [2.05, 4.69) is 27.4 Å². The summed E-state index contributed by atoms with van der Waals surface area (Å²) in [4.78, 5) is 11.6.